The molecule has 0 aliphatic rings. The lowest BCUT2D eigenvalue weighted by Crippen LogP contribution is -2.19. The molecule has 108 valence electrons. The van der Waals surface area contributed by atoms with Crippen molar-refractivity contribution >= 4 is 11.3 Å². The molecule has 1 unspecified atom stereocenters. The molecule has 0 amide bonds. The minimum atomic E-state index is -1.17. The van der Waals surface area contributed by atoms with Gasteiger partial charge in [-0.05, 0) is 19.4 Å². The van der Waals surface area contributed by atoms with Crippen molar-refractivity contribution in [2.75, 3.05) is 0 Å². The topological polar surface area (TPSA) is 24.9 Å². The molecule has 2 nitrogen and oxygen atoms in total. The normalized spacial score (nSPS) is 12.7. The van der Waals surface area contributed by atoms with E-state index in [1.165, 1.54) is 4.88 Å². The number of hydrogen-bond acceptors (Lipinski definition) is 3. The quantitative estimate of drug-likeness (QED) is 0.845. The average Bonchev–Trinajstić information content (AvgIpc) is 2.90. The Morgan fingerprint density at radius 3 is 2.55 bits per heavy atom. The first-order chi connectivity index (χ1) is 9.51. The molecule has 20 heavy (non-hydrogen) atoms. The van der Waals surface area contributed by atoms with Crippen LogP contribution >= 0.6 is 11.3 Å². The van der Waals surface area contributed by atoms with Gasteiger partial charge in [-0.25, -0.2) is 18.2 Å². The lowest BCUT2D eigenvalue weighted by atomic mass is 10.2. The van der Waals surface area contributed by atoms with E-state index in [9.17, 15) is 13.2 Å². The van der Waals surface area contributed by atoms with E-state index in [0.29, 0.717) is 6.07 Å². The van der Waals surface area contributed by atoms with Gasteiger partial charge >= 0.3 is 0 Å². The van der Waals surface area contributed by atoms with Crippen LogP contribution in [-0.4, -0.2) is 4.98 Å². The van der Waals surface area contributed by atoms with Crippen LogP contribution in [0.25, 0.3) is 0 Å². The number of hydrogen-bond donors (Lipinski definition) is 1. The minimum Gasteiger partial charge on any atom is -0.304 e. The van der Waals surface area contributed by atoms with Crippen molar-refractivity contribution in [2.24, 2.45) is 0 Å². The maximum atomic E-state index is 13.5. The smallest absolute Gasteiger partial charge is 0.161 e. The number of thiazole rings is 1. The molecule has 1 N–H and O–H groups in total. The molecule has 0 fully saturated rings. The zero-order valence-corrected chi connectivity index (χ0v) is 12.0. The second-order valence-corrected chi connectivity index (χ2v) is 5.63. The number of rotatable bonds is 5. The van der Waals surface area contributed by atoms with Crippen molar-refractivity contribution in [3.63, 3.8) is 0 Å². The van der Waals surface area contributed by atoms with Gasteiger partial charge in [0, 0.05) is 29.2 Å². The second kappa shape index (κ2) is 6.37. The van der Waals surface area contributed by atoms with Gasteiger partial charge in [0.05, 0.1) is 6.04 Å². The Morgan fingerprint density at radius 1 is 1.20 bits per heavy atom. The van der Waals surface area contributed by atoms with Crippen molar-refractivity contribution in [2.45, 2.75) is 32.9 Å². The predicted molar refractivity (Wildman–Crippen MR) is 73.1 cm³/mol. The number of aryl methyl sites for hydroxylation is 1. The molecule has 2 aromatic rings. The van der Waals surface area contributed by atoms with Crippen LogP contribution in [-0.2, 0) is 13.0 Å². The third kappa shape index (κ3) is 3.37. The van der Waals surface area contributed by atoms with E-state index in [0.717, 1.165) is 17.5 Å². The minimum absolute atomic E-state index is 0.0761. The molecule has 1 heterocycles. The Bertz CT molecular complexity index is 598. The molecule has 2 rings (SSSR count). The molecular weight excluding hydrogens is 285 g/mol. The third-order valence-corrected chi connectivity index (χ3v) is 4.30. The molecule has 0 bridgehead atoms. The molecule has 0 radical (unpaired) electrons. The second-order valence-electron chi connectivity index (χ2n) is 4.48. The van der Waals surface area contributed by atoms with Crippen LogP contribution in [0.5, 0.6) is 0 Å². The van der Waals surface area contributed by atoms with Crippen LogP contribution in [0, 0.1) is 17.5 Å². The van der Waals surface area contributed by atoms with Gasteiger partial charge in [0.15, 0.2) is 11.6 Å². The van der Waals surface area contributed by atoms with Crippen molar-refractivity contribution in [3.05, 3.63) is 51.2 Å². The summed E-state index contributed by atoms with van der Waals surface area (Å²) in [5.74, 6) is -2.97. The highest BCUT2D eigenvalue weighted by molar-refractivity contribution is 7.11. The van der Waals surface area contributed by atoms with Gasteiger partial charge in [-0.15, -0.1) is 11.3 Å². The molecule has 0 aliphatic carbocycles. The fraction of sp³-hybridized carbons (Fsp3) is 0.357. The summed E-state index contributed by atoms with van der Waals surface area (Å²) in [6, 6.07) is 1.37. The summed E-state index contributed by atoms with van der Waals surface area (Å²) in [6.45, 7) is 4.06. The highest BCUT2D eigenvalue weighted by Crippen LogP contribution is 2.21. The van der Waals surface area contributed by atoms with Gasteiger partial charge in [-0.1, -0.05) is 6.92 Å². The number of halogens is 3. The maximum absolute atomic E-state index is 13.5. The first-order valence-electron chi connectivity index (χ1n) is 6.32. The summed E-state index contributed by atoms with van der Waals surface area (Å²) in [4.78, 5) is 5.46. The number of nitrogens with one attached hydrogen (secondary N) is 1. The first-order valence-corrected chi connectivity index (χ1v) is 7.14. The molecule has 1 aromatic carbocycles. The summed E-state index contributed by atoms with van der Waals surface area (Å²) < 4.78 is 39.4. The Labute approximate surface area is 119 Å². The summed E-state index contributed by atoms with van der Waals surface area (Å²) in [7, 11) is 0. The van der Waals surface area contributed by atoms with Crippen molar-refractivity contribution in [1.82, 2.24) is 10.3 Å². The van der Waals surface area contributed by atoms with E-state index in [2.05, 4.69) is 10.3 Å². The van der Waals surface area contributed by atoms with Gasteiger partial charge in [0.25, 0.3) is 0 Å². The number of benzene rings is 1. The van der Waals surface area contributed by atoms with E-state index in [1.54, 1.807) is 11.3 Å². The molecule has 0 spiro atoms. The van der Waals surface area contributed by atoms with Crippen molar-refractivity contribution in [1.29, 1.82) is 0 Å². The van der Waals surface area contributed by atoms with E-state index in [-0.39, 0.29) is 18.2 Å². The Balaban J connectivity index is 2.03. The Morgan fingerprint density at radius 2 is 1.90 bits per heavy atom. The Kier molecular flexibility index (Phi) is 4.77. The van der Waals surface area contributed by atoms with Gasteiger partial charge in [-0.2, -0.15) is 0 Å². The summed E-state index contributed by atoms with van der Waals surface area (Å²) in [5.41, 5.74) is 0.100. The van der Waals surface area contributed by atoms with Crippen LogP contribution in [0.4, 0.5) is 13.2 Å². The average molecular weight is 300 g/mol. The number of nitrogens with zero attached hydrogens (tertiary/aromatic N) is 1. The molecule has 6 heteroatoms. The SMILES string of the molecule is CCc1cnc(C(C)NCc2cc(F)c(F)cc2F)s1. The molecule has 0 aliphatic heterocycles. The van der Waals surface area contributed by atoms with Crippen LogP contribution in [0.1, 0.15) is 35.3 Å². The molecule has 0 saturated heterocycles. The standard InChI is InChI=1S/C14H15F3N2S/c1-3-10-7-19-14(20-10)8(2)18-6-9-4-12(16)13(17)5-11(9)15/h4-5,7-8,18H,3,6H2,1-2H3. The number of aromatic nitrogens is 1. The zero-order chi connectivity index (χ0) is 14.7. The largest absolute Gasteiger partial charge is 0.304 e. The molecule has 1 atom stereocenters. The van der Waals surface area contributed by atoms with Crippen molar-refractivity contribution in [3.8, 4) is 0 Å². The summed E-state index contributed by atoms with van der Waals surface area (Å²) >= 11 is 1.58. The highest BCUT2D eigenvalue weighted by atomic mass is 32.1. The van der Waals surface area contributed by atoms with Gasteiger partial charge in [-0.3, -0.25) is 0 Å². The van der Waals surface area contributed by atoms with Crippen LogP contribution in [0.3, 0.4) is 0 Å². The fourth-order valence-electron chi connectivity index (χ4n) is 1.74. The summed E-state index contributed by atoms with van der Waals surface area (Å²) in [5, 5.41) is 3.95. The molecular formula is C14H15F3N2S. The van der Waals surface area contributed by atoms with Crippen LogP contribution in [0.15, 0.2) is 18.3 Å². The molecule has 1 aromatic heterocycles. The van der Waals surface area contributed by atoms with Gasteiger partial charge < -0.3 is 5.32 Å². The predicted octanol–water partition coefficient (Wildman–Crippen LogP) is 3.97. The fourth-order valence-corrected chi connectivity index (χ4v) is 2.62. The van der Waals surface area contributed by atoms with Crippen LogP contribution < -0.4 is 5.32 Å². The Hall–Kier alpha value is -1.40. The lowest BCUT2D eigenvalue weighted by molar-refractivity contribution is 0.482. The van der Waals surface area contributed by atoms with E-state index >= 15 is 0 Å². The lowest BCUT2D eigenvalue weighted by Gasteiger charge is -2.12. The van der Waals surface area contributed by atoms with Gasteiger partial charge in [0.1, 0.15) is 10.8 Å². The highest BCUT2D eigenvalue weighted by Gasteiger charge is 2.13. The molecule has 0 saturated carbocycles. The third-order valence-electron chi connectivity index (χ3n) is 2.98. The zero-order valence-electron chi connectivity index (χ0n) is 11.2. The monoisotopic (exact) mass is 300 g/mol. The van der Waals surface area contributed by atoms with E-state index < -0.39 is 17.5 Å². The van der Waals surface area contributed by atoms with Crippen LogP contribution in [0.2, 0.25) is 0 Å². The van der Waals surface area contributed by atoms with Gasteiger partial charge in [0.2, 0.25) is 0 Å². The van der Waals surface area contributed by atoms with E-state index in [4.69, 9.17) is 0 Å². The maximum Gasteiger partial charge on any atom is 0.161 e. The first kappa shape index (κ1) is 15.0. The van der Waals surface area contributed by atoms with E-state index in [1.807, 2.05) is 20.0 Å². The summed E-state index contributed by atoms with van der Waals surface area (Å²) in [6.07, 6.45) is 2.73. The van der Waals surface area contributed by atoms with Crippen molar-refractivity contribution < 1.29 is 13.2 Å².